The van der Waals surface area contributed by atoms with Gasteiger partial charge in [-0.3, -0.25) is 0 Å². The fraction of sp³-hybridized carbons (Fsp3) is 0.300. The maximum absolute atomic E-state index is 12.2. The SMILES string of the molecule is CC=CCNCc1cc(OCC)c(Cc2ccccc2)c(S(N)(=O)=O)c1.O.O. The van der Waals surface area contributed by atoms with Crippen LogP contribution in [0.3, 0.4) is 0 Å². The first-order valence-corrected chi connectivity index (χ1v) is 10.2. The number of nitrogens with two attached hydrogens (primary N) is 1. The van der Waals surface area contributed by atoms with E-state index in [1.807, 2.05) is 62.4 Å². The van der Waals surface area contributed by atoms with Crippen molar-refractivity contribution in [1.82, 2.24) is 5.32 Å². The smallest absolute Gasteiger partial charge is 0.238 e. The molecule has 0 atom stereocenters. The van der Waals surface area contributed by atoms with Crippen molar-refractivity contribution in [2.75, 3.05) is 13.2 Å². The van der Waals surface area contributed by atoms with E-state index in [2.05, 4.69) is 5.32 Å². The molecule has 0 unspecified atom stereocenters. The molecular weight excluding hydrogens is 380 g/mol. The first-order valence-electron chi connectivity index (χ1n) is 8.63. The Bertz CT molecular complexity index is 852. The maximum Gasteiger partial charge on any atom is 0.238 e. The topological polar surface area (TPSA) is 144 Å². The highest BCUT2D eigenvalue weighted by atomic mass is 32.2. The van der Waals surface area contributed by atoms with E-state index < -0.39 is 10.0 Å². The van der Waals surface area contributed by atoms with E-state index in [1.165, 1.54) is 0 Å². The number of rotatable bonds is 9. The molecule has 2 aromatic carbocycles. The molecule has 0 aromatic heterocycles. The van der Waals surface area contributed by atoms with E-state index in [-0.39, 0.29) is 15.8 Å². The van der Waals surface area contributed by atoms with Crippen LogP contribution in [0.15, 0.2) is 59.5 Å². The molecule has 7 nitrogen and oxygen atoms in total. The lowest BCUT2D eigenvalue weighted by Crippen LogP contribution is -2.18. The fourth-order valence-electron chi connectivity index (χ4n) is 2.71. The minimum absolute atomic E-state index is 0. The van der Waals surface area contributed by atoms with Gasteiger partial charge in [0.25, 0.3) is 0 Å². The number of hydrogen-bond donors (Lipinski definition) is 2. The van der Waals surface area contributed by atoms with Gasteiger partial charge in [0.15, 0.2) is 0 Å². The van der Waals surface area contributed by atoms with Crippen molar-refractivity contribution in [3.05, 3.63) is 71.3 Å². The van der Waals surface area contributed by atoms with E-state index in [4.69, 9.17) is 9.88 Å². The number of benzene rings is 2. The van der Waals surface area contributed by atoms with Crippen LogP contribution in [-0.2, 0) is 23.0 Å². The van der Waals surface area contributed by atoms with Crippen molar-refractivity contribution in [1.29, 1.82) is 0 Å². The quantitative estimate of drug-likeness (QED) is 0.474. The monoisotopic (exact) mass is 410 g/mol. The number of allylic oxidation sites excluding steroid dienone is 1. The van der Waals surface area contributed by atoms with Gasteiger partial charge in [-0.05, 0) is 37.1 Å². The molecule has 0 saturated heterocycles. The van der Waals surface area contributed by atoms with Gasteiger partial charge in [-0.2, -0.15) is 0 Å². The minimum atomic E-state index is -3.87. The lowest BCUT2D eigenvalue weighted by Gasteiger charge is -2.17. The molecule has 0 bridgehead atoms. The molecule has 2 aromatic rings. The van der Waals surface area contributed by atoms with Crippen LogP contribution in [0, 0.1) is 0 Å². The van der Waals surface area contributed by atoms with Crippen molar-refractivity contribution < 1.29 is 24.1 Å². The molecule has 156 valence electrons. The first-order chi connectivity index (χ1) is 12.5. The third kappa shape index (κ3) is 7.41. The van der Waals surface area contributed by atoms with Gasteiger partial charge in [0.05, 0.1) is 11.5 Å². The zero-order valence-corrected chi connectivity index (χ0v) is 17.1. The molecule has 0 aliphatic rings. The second kappa shape index (κ2) is 12.3. The Balaban J connectivity index is 0.00000364. The van der Waals surface area contributed by atoms with E-state index in [9.17, 15) is 8.42 Å². The van der Waals surface area contributed by atoms with Crippen molar-refractivity contribution in [3.8, 4) is 5.75 Å². The molecule has 0 saturated carbocycles. The van der Waals surface area contributed by atoms with Gasteiger partial charge in [-0.1, -0.05) is 42.5 Å². The Morgan fingerprint density at radius 3 is 2.36 bits per heavy atom. The Labute approximate surface area is 166 Å². The molecule has 0 heterocycles. The molecule has 28 heavy (non-hydrogen) atoms. The molecular formula is C20H30N2O5S. The lowest BCUT2D eigenvalue weighted by molar-refractivity contribution is 0.335. The molecule has 8 heteroatoms. The fourth-order valence-corrected chi connectivity index (χ4v) is 3.54. The Morgan fingerprint density at radius 1 is 1.11 bits per heavy atom. The van der Waals surface area contributed by atoms with E-state index in [0.717, 1.165) is 11.1 Å². The summed E-state index contributed by atoms with van der Waals surface area (Å²) in [6.07, 6.45) is 4.39. The molecule has 7 N–H and O–H groups in total. The van der Waals surface area contributed by atoms with Gasteiger partial charge in [0, 0.05) is 25.1 Å². The van der Waals surface area contributed by atoms with Crippen molar-refractivity contribution in [2.45, 2.75) is 31.7 Å². The summed E-state index contributed by atoms with van der Waals surface area (Å²) < 4.78 is 30.2. The van der Waals surface area contributed by atoms with Gasteiger partial charge in [0.2, 0.25) is 10.0 Å². The average Bonchev–Trinajstić information content (AvgIpc) is 2.60. The summed E-state index contributed by atoms with van der Waals surface area (Å²) in [5, 5.41) is 8.75. The van der Waals surface area contributed by atoms with Crippen molar-refractivity contribution in [3.63, 3.8) is 0 Å². The zero-order chi connectivity index (χ0) is 19.0. The van der Waals surface area contributed by atoms with Gasteiger partial charge < -0.3 is 21.0 Å². The van der Waals surface area contributed by atoms with Crippen molar-refractivity contribution >= 4 is 10.0 Å². The average molecular weight is 411 g/mol. The molecule has 0 radical (unpaired) electrons. The Hall–Kier alpha value is -2.23. The number of sulfonamides is 1. The highest BCUT2D eigenvalue weighted by Crippen LogP contribution is 2.30. The van der Waals surface area contributed by atoms with Crippen LogP contribution >= 0.6 is 0 Å². The summed E-state index contributed by atoms with van der Waals surface area (Å²) in [5.74, 6) is 0.561. The van der Waals surface area contributed by atoms with E-state index >= 15 is 0 Å². The number of nitrogens with one attached hydrogen (secondary N) is 1. The predicted molar refractivity (Wildman–Crippen MR) is 112 cm³/mol. The molecule has 0 aliphatic carbocycles. The first kappa shape index (κ1) is 25.8. The predicted octanol–water partition coefficient (Wildman–Crippen LogP) is 1.34. The zero-order valence-electron chi connectivity index (χ0n) is 16.2. The minimum Gasteiger partial charge on any atom is -0.494 e. The van der Waals surface area contributed by atoms with Crippen LogP contribution < -0.4 is 15.2 Å². The molecule has 0 fully saturated rings. The van der Waals surface area contributed by atoms with E-state index in [1.54, 1.807) is 6.07 Å². The number of ether oxygens (including phenoxy) is 1. The summed E-state index contributed by atoms with van der Waals surface area (Å²) >= 11 is 0. The normalized spacial score (nSPS) is 11.0. The molecule has 0 aliphatic heterocycles. The summed E-state index contributed by atoms with van der Waals surface area (Å²) in [7, 11) is -3.87. The van der Waals surface area contributed by atoms with Crippen LogP contribution in [0.1, 0.15) is 30.5 Å². The second-order valence-electron chi connectivity index (χ2n) is 5.91. The highest BCUT2D eigenvalue weighted by molar-refractivity contribution is 7.89. The van der Waals surface area contributed by atoms with Gasteiger partial charge >= 0.3 is 0 Å². The summed E-state index contributed by atoms with van der Waals surface area (Å²) in [6, 6.07) is 13.2. The van der Waals surface area contributed by atoms with E-state index in [0.29, 0.717) is 37.4 Å². The van der Waals surface area contributed by atoms with Crippen molar-refractivity contribution in [2.24, 2.45) is 5.14 Å². The van der Waals surface area contributed by atoms with Crippen LogP contribution in [0.4, 0.5) is 0 Å². The molecule has 0 amide bonds. The van der Waals surface area contributed by atoms with Crippen LogP contribution in [0.5, 0.6) is 5.75 Å². The van der Waals surface area contributed by atoms with Gasteiger partial charge in [0.1, 0.15) is 5.75 Å². The summed E-state index contributed by atoms with van der Waals surface area (Å²) in [5.41, 5.74) is 2.41. The maximum atomic E-state index is 12.2. The third-order valence-corrected chi connectivity index (χ3v) is 4.86. The van der Waals surface area contributed by atoms with Crippen LogP contribution in [0.2, 0.25) is 0 Å². The third-order valence-electron chi connectivity index (χ3n) is 3.88. The lowest BCUT2D eigenvalue weighted by atomic mass is 10.0. The number of primary sulfonamides is 1. The largest absolute Gasteiger partial charge is 0.494 e. The Kier molecular flexibility index (Phi) is 11.3. The highest BCUT2D eigenvalue weighted by Gasteiger charge is 2.20. The summed E-state index contributed by atoms with van der Waals surface area (Å²) in [6.45, 7) is 5.50. The second-order valence-corrected chi connectivity index (χ2v) is 7.44. The standard InChI is InChI=1S/C20H26N2O3S.2H2O/c1-3-5-11-22-15-17-13-19(25-4-2)18(20(14-17)26(21,23)24)12-16-9-7-6-8-10-16;;/h3,5-10,13-14,22H,4,11-12,15H2,1-2H3,(H2,21,23,24);2*1H2. The molecule has 2 rings (SSSR count). The van der Waals surface area contributed by atoms with Crippen LogP contribution in [-0.4, -0.2) is 32.5 Å². The van der Waals surface area contributed by atoms with Gasteiger partial charge in [-0.15, -0.1) is 0 Å². The molecule has 0 spiro atoms. The van der Waals surface area contributed by atoms with Gasteiger partial charge in [-0.25, -0.2) is 13.6 Å². The Morgan fingerprint density at radius 2 is 1.79 bits per heavy atom. The number of hydrogen-bond acceptors (Lipinski definition) is 4. The van der Waals surface area contributed by atoms with Crippen LogP contribution in [0.25, 0.3) is 0 Å². The summed E-state index contributed by atoms with van der Waals surface area (Å²) in [4.78, 5) is 0.120.